The zero-order chi connectivity index (χ0) is 13.7. The van der Waals surface area contributed by atoms with E-state index in [0.717, 1.165) is 37.9 Å². The Morgan fingerprint density at radius 2 is 2.37 bits per heavy atom. The average Bonchev–Trinajstić information content (AvgIpc) is 2.81. The molecule has 104 valence electrons. The van der Waals surface area contributed by atoms with Gasteiger partial charge in [-0.15, -0.1) is 0 Å². The normalized spacial score (nSPS) is 18.6. The summed E-state index contributed by atoms with van der Waals surface area (Å²) in [5.41, 5.74) is 0.976. The minimum Gasteiger partial charge on any atom is -0.338 e. The van der Waals surface area contributed by atoms with Crippen LogP contribution in [-0.2, 0) is 6.42 Å². The lowest BCUT2D eigenvalue weighted by molar-refractivity contribution is 0.207. The molecule has 0 spiro atoms. The van der Waals surface area contributed by atoms with Gasteiger partial charge in [0.15, 0.2) is 0 Å². The van der Waals surface area contributed by atoms with Gasteiger partial charge in [0.2, 0.25) is 0 Å². The van der Waals surface area contributed by atoms with Crippen molar-refractivity contribution < 1.29 is 9.18 Å². The Bertz CT molecular complexity index is 436. The highest BCUT2D eigenvalue weighted by molar-refractivity contribution is 5.74. The first-order chi connectivity index (χ1) is 9.15. The standard InChI is InChI=1S/C15H21FN2O/c1-12-7-9-18(11-12)15(19)17-8-3-5-13-4-2-6-14(16)10-13/h2,4,6,10,12H,3,5,7-9,11H2,1H3,(H,17,19). The van der Waals surface area contributed by atoms with Crippen LogP contribution in [0.2, 0.25) is 0 Å². The van der Waals surface area contributed by atoms with Gasteiger partial charge < -0.3 is 10.2 Å². The molecule has 2 amide bonds. The molecular formula is C15H21FN2O. The van der Waals surface area contributed by atoms with Crippen molar-refractivity contribution in [1.29, 1.82) is 0 Å². The molecule has 1 saturated heterocycles. The van der Waals surface area contributed by atoms with Crippen molar-refractivity contribution in [3.8, 4) is 0 Å². The predicted octanol–water partition coefficient (Wildman–Crippen LogP) is 2.81. The molecule has 0 bridgehead atoms. The number of aryl methyl sites for hydroxylation is 1. The quantitative estimate of drug-likeness (QED) is 0.833. The van der Waals surface area contributed by atoms with Gasteiger partial charge in [-0.25, -0.2) is 9.18 Å². The number of benzene rings is 1. The van der Waals surface area contributed by atoms with Gasteiger partial charge in [0.25, 0.3) is 0 Å². The Labute approximate surface area is 113 Å². The van der Waals surface area contributed by atoms with Gasteiger partial charge in [-0.3, -0.25) is 0 Å². The molecule has 1 aromatic rings. The van der Waals surface area contributed by atoms with E-state index >= 15 is 0 Å². The first-order valence-electron chi connectivity index (χ1n) is 6.92. The summed E-state index contributed by atoms with van der Waals surface area (Å²) in [5.74, 6) is 0.408. The second kappa shape index (κ2) is 6.55. The second-order valence-corrected chi connectivity index (χ2v) is 5.31. The average molecular weight is 264 g/mol. The van der Waals surface area contributed by atoms with Crippen LogP contribution in [0.4, 0.5) is 9.18 Å². The number of carbonyl (C=O) groups excluding carboxylic acids is 1. The highest BCUT2D eigenvalue weighted by atomic mass is 19.1. The van der Waals surface area contributed by atoms with Crippen molar-refractivity contribution >= 4 is 6.03 Å². The Morgan fingerprint density at radius 3 is 3.05 bits per heavy atom. The maximum atomic E-state index is 13.0. The van der Waals surface area contributed by atoms with Crippen molar-refractivity contribution in [2.75, 3.05) is 19.6 Å². The van der Waals surface area contributed by atoms with Gasteiger partial charge in [-0.1, -0.05) is 19.1 Å². The van der Waals surface area contributed by atoms with E-state index in [-0.39, 0.29) is 11.8 Å². The maximum absolute atomic E-state index is 13.0. The third-order valence-electron chi connectivity index (χ3n) is 3.52. The Balaban J connectivity index is 1.65. The van der Waals surface area contributed by atoms with Crippen molar-refractivity contribution in [3.63, 3.8) is 0 Å². The highest BCUT2D eigenvalue weighted by Crippen LogP contribution is 2.14. The van der Waals surface area contributed by atoms with E-state index in [4.69, 9.17) is 0 Å². The number of rotatable bonds is 4. The Kier molecular flexibility index (Phi) is 4.77. The number of urea groups is 1. The minimum absolute atomic E-state index is 0.0311. The molecule has 1 aliphatic heterocycles. The SMILES string of the molecule is CC1CCN(C(=O)NCCCc2cccc(F)c2)C1. The molecule has 3 nitrogen and oxygen atoms in total. The van der Waals surface area contributed by atoms with Crippen LogP contribution in [0.15, 0.2) is 24.3 Å². The van der Waals surface area contributed by atoms with E-state index in [9.17, 15) is 9.18 Å². The van der Waals surface area contributed by atoms with Crippen molar-refractivity contribution in [3.05, 3.63) is 35.6 Å². The van der Waals surface area contributed by atoms with Crippen molar-refractivity contribution in [2.45, 2.75) is 26.2 Å². The van der Waals surface area contributed by atoms with E-state index in [0.29, 0.717) is 12.5 Å². The first kappa shape index (κ1) is 13.8. The number of hydrogen-bond acceptors (Lipinski definition) is 1. The monoisotopic (exact) mass is 264 g/mol. The number of carbonyl (C=O) groups is 1. The number of amides is 2. The van der Waals surface area contributed by atoms with Gasteiger partial charge in [0, 0.05) is 19.6 Å². The largest absolute Gasteiger partial charge is 0.338 e. The van der Waals surface area contributed by atoms with Crippen LogP contribution in [0, 0.1) is 11.7 Å². The fourth-order valence-corrected chi connectivity index (χ4v) is 2.41. The van der Waals surface area contributed by atoms with Gasteiger partial charge in [-0.05, 0) is 42.9 Å². The summed E-state index contributed by atoms with van der Waals surface area (Å²) in [5, 5.41) is 2.92. The predicted molar refractivity (Wildman–Crippen MR) is 73.5 cm³/mol. The van der Waals surface area contributed by atoms with E-state index in [1.54, 1.807) is 12.1 Å². The topological polar surface area (TPSA) is 32.3 Å². The van der Waals surface area contributed by atoms with Gasteiger partial charge in [0.05, 0.1) is 0 Å². The molecule has 1 N–H and O–H groups in total. The van der Waals surface area contributed by atoms with Crippen LogP contribution in [0.25, 0.3) is 0 Å². The van der Waals surface area contributed by atoms with Gasteiger partial charge >= 0.3 is 6.03 Å². The molecule has 2 rings (SSSR count). The summed E-state index contributed by atoms with van der Waals surface area (Å²) in [6.07, 6.45) is 2.71. The summed E-state index contributed by atoms with van der Waals surface area (Å²) in [6.45, 7) is 4.52. The molecular weight excluding hydrogens is 243 g/mol. The van der Waals surface area contributed by atoms with Gasteiger partial charge in [0.1, 0.15) is 5.82 Å². The number of likely N-dealkylation sites (tertiary alicyclic amines) is 1. The molecule has 1 aromatic carbocycles. The first-order valence-corrected chi connectivity index (χ1v) is 6.92. The highest BCUT2D eigenvalue weighted by Gasteiger charge is 2.22. The van der Waals surface area contributed by atoms with Crippen molar-refractivity contribution in [1.82, 2.24) is 10.2 Å². The summed E-state index contributed by atoms with van der Waals surface area (Å²) < 4.78 is 13.0. The van der Waals surface area contributed by atoms with Crippen LogP contribution in [0.1, 0.15) is 25.3 Å². The van der Waals surface area contributed by atoms with Crippen molar-refractivity contribution in [2.24, 2.45) is 5.92 Å². The molecule has 0 aliphatic carbocycles. The Morgan fingerprint density at radius 1 is 1.53 bits per heavy atom. The molecule has 4 heteroatoms. The molecule has 1 aliphatic rings. The summed E-state index contributed by atoms with van der Waals surface area (Å²) in [6, 6.07) is 6.65. The van der Waals surface area contributed by atoms with Crippen LogP contribution in [-0.4, -0.2) is 30.6 Å². The molecule has 1 heterocycles. The van der Waals surface area contributed by atoms with E-state index < -0.39 is 0 Å². The second-order valence-electron chi connectivity index (χ2n) is 5.31. The van der Waals surface area contributed by atoms with E-state index in [2.05, 4.69) is 12.2 Å². The summed E-state index contributed by atoms with van der Waals surface area (Å²) in [7, 11) is 0. The molecule has 19 heavy (non-hydrogen) atoms. The van der Waals surface area contributed by atoms with Crippen LogP contribution in [0.3, 0.4) is 0 Å². The lowest BCUT2D eigenvalue weighted by Crippen LogP contribution is -2.38. The number of hydrogen-bond donors (Lipinski definition) is 1. The van der Waals surface area contributed by atoms with Crippen LogP contribution < -0.4 is 5.32 Å². The zero-order valence-electron chi connectivity index (χ0n) is 11.4. The molecule has 1 atom stereocenters. The number of nitrogens with one attached hydrogen (secondary N) is 1. The fourth-order valence-electron chi connectivity index (χ4n) is 2.41. The third-order valence-corrected chi connectivity index (χ3v) is 3.52. The molecule has 0 saturated carbocycles. The summed E-state index contributed by atoms with van der Waals surface area (Å²) >= 11 is 0. The van der Waals surface area contributed by atoms with E-state index in [1.165, 1.54) is 6.07 Å². The number of halogens is 1. The zero-order valence-corrected chi connectivity index (χ0v) is 11.4. The lowest BCUT2D eigenvalue weighted by atomic mass is 10.1. The lowest BCUT2D eigenvalue weighted by Gasteiger charge is -2.16. The molecule has 0 aromatic heterocycles. The van der Waals surface area contributed by atoms with Gasteiger partial charge in [-0.2, -0.15) is 0 Å². The third kappa shape index (κ3) is 4.23. The smallest absolute Gasteiger partial charge is 0.317 e. The number of nitrogens with zero attached hydrogens (tertiary/aromatic N) is 1. The molecule has 0 radical (unpaired) electrons. The van der Waals surface area contributed by atoms with Crippen LogP contribution >= 0.6 is 0 Å². The summed E-state index contributed by atoms with van der Waals surface area (Å²) in [4.78, 5) is 13.7. The minimum atomic E-state index is -0.201. The fraction of sp³-hybridized carbons (Fsp3) is 0.533. The van der Waals surface area contributed by atoms with E-state index in [1.807, 2.05) is 11.0 Å². The van der Waals surface area contributed by atoms with Crippen LogP contribution in [0.5, 0.6) is 0 Å². The molecule has 1 fully saturated rings. The molecule has 1 unspecified atom stereocenters. The Hall–Kier alpha value is -1.58. The maximum Gasteiger partial charge on any atom is 0.317 e.